The number of methoxy groups -OCH3 is 1. The number of para-hydroxylation sites is 2. The fourth-order valence-electron chi connectivity index (χ4n) is 2.16. The molecule has 0 fully saturated rings. The molecule has 4 heteroatoms. The third kappa shape index (κ3) is 2.89. The second kappa shape index (κ2) is 5.98. The third-order valence-electron chi connectivity index (χ3n) is 2.99. The van der Waals surface area contributed by atoms with Gasteiger partial charge in [-0.3, -0.25) is 0 Å². The zero-order chi connectivity index (χ0) is 13.0. The Morgan fingerprint density at radius 2 is 2.06 bits per heavy atom. The molecule has 0 atom stereocenters. The summed E-state index contributed by atoms with van der Waals surface area (Å²) in [7, 11) is 5.91. The van der Waals surface area contributed by atoms with Gasteiger partial charge in [-0.2, -0.15) is 0 Å². The molecule has 0 spiro atoms. The zero-order valence-electron chi connectivity index (χ0n) is 11.4. The van der Waals surface area contributed by atoms with E-state index in [1.54, 1.807) is 7.11 Å². The molecule has 1 heterocycles. The first-order chi connectivity index (χ1) is 8.72. The molecule has 2 rings (SSSR count). The van der Waals surface area contributed by atoms with Crippen molar-refractivity contribution in [2.24, 2.45) is 0 Å². The van der Waals surface area contributed by atoms with E-state index in [0.29, 0.717) is 6.61 Å². The van der Waals surface area contributed by atoms with Crippen molar-refractivity contribution in [3.8, 4) is 0 Å². The van der Waals surface area contributed by atoms with Gasteiger partial charge in [0.1, 0.15) is 12.4 Å². The van der Waals surface area contributed by atoms with Crippen LogP contribution in [0.5, 0.6) is 0 Å². The maximum atomic E-state index is 5.23. The van der Waals surface area contributed by atoms with Crippen LogP contribution in [0.15, 0.2) is 24.3 Å². The largest absolute Gasteiger partial charge is 0.377 e. The van der Waals surface area contributed by atoms with E-state index in [9.17, 15) is 0 Å². The third-order valence-corrected chi connectivity index (χ3v) is 2.99. The molecule has 0 aliphatic rings. The van der Waals surface area contributed by atoms with Gasteiger partial charge in [0.25, 0.3) is 0 Å². The van der Waals surface area contributed by atoms with E-state index in [0.717, 1.165) is 30.9 Å². The highest BCUT2D eigenvalue weighted by molar-refractivity contribution is 5.75. The van der Waals surface area contributed by atoms with Crippen LogP contribution < -0.4 is 0 Å². The van der Waals surface area contributed by atoms with Crippen molar-refractivity contribution in [2.75, 3.05) is 27.7 Å². The lowest BCUT2D eigenvalue weighted by atomic mass is 10.3. The quantitative estimate of drug-likeness (QED) is 0.783. The number of hydrogen-bond acceptors (Lipinski definition) is 3. The summed E-state index contributed by atoms with van der Waals surface area (Å²) in [6.45, 7) is 2.63. The van der Waals surface area contributed by atoms with Crippen LogP contribution in [0.3, 0.4) is 0 Å². The molecule has 0 saturated carbocycles. The van der Waals surface area contributed by atoms with E-state index < -0.39 is 0 Å². The van der Waals surface area contributed by atoms with Gasteiger partial charge in [-0.05, 0) is 39.2 Å². The number of rotatable bonds is 6. The van der Waals surface area contributed by atoms with Gasteiger partial charge < -0.3 is 14.2 Å². The Hall–Kier alpha value is -1.39. The number of ether oxygens (including phenoxy) is 1. The molecule has 4 nitrogen and oxygen atoms in total. The molecule has 0 N–H and O–H groups in total. The van der Waals surface area contributed by atoms with Crippen molar-refractivity contribution in [3.05, 3.63) is 30.1 Å². The van der Waals surface area contributed by atoms with Gasteiger partial charge in [0.05, 0.1) is 11.0 Å². The molecular weight excluding hydrogens is 226 g/mol. The summed E-state index contributed by atoms with van der Waals surface area (Å²) in [4.78, 5) is 6.83. The van der Waals surface area contributed by atoms with E-state index in [2.05, 4.69) is 46.7 Å². The SMILES string of the molecule is COCc1nc2ccccc2n1CCCN(C)C. The fraction of sp³-hybridized carbons (Fsp3) is 0.500. The monoisotopic (exact) mass is 247 g/mol. The first kappa shape index (κ1) is 13.1. The minimum absolute atomic E-state index is 0.566. The van der Waals surface area contributed by atoms with E-state index in [1.807, 2.05) is 6.07 Å². The Balaban J connectivity index is 2.24. The molecule has 0 bridgehead atoms. The van der Waals surface area contributed by atoms with Crippen LogP contribution in [0.2, 0.25) is 0 Å². The van der Waals surface area contributed by atoms with Gasteiger partial charge >= 0.3 is 0 Å². The molecule has 0 saturated heterocycles. The van der Waals surface area contributed by atoms with Gasteiger partial charge in [0.15, 0.2) is 0 Å². The predicted molar refractivity (Wildman–Crippen MR) is 73.6 cm³/mol. The van der Waals surface area contributed by atoms with Crippen LogP contribution >= 0.6 is 0 Å². The average Bonchev–Trinajstić information content (AvgIpc) is 2.68. The topological polar surface area (TPSA) is 30.3 Å². The van der Waals surface area contributed by atoms with Gasteiger partial charge in [0, 0.05) is 13.7 Å². The van der Waals surface area contributed by atoms with Crippen LogP contribution in [-0.2, 0) is 17.9 Å². The minimum atomic E-state index is 0.566. The molecule has 2 aromatic rings. The Labute approximate surface area is 108 Å². The zero-order valence-corrected chi connectivity index (χ0v) is 11.4. The lowest BCUT2D eigenvalue weighted by molar-refractivity contribution is 0.174. The van der Waals surface area contributed by atoms with Crippen LogP contribution in [0, 0.1) is 0 Å². The highest BCUT2D eigenvalue weighted by Crippen LogP contribution is 2.17. The summed E-state index contributed by atoms with van der Waals surface area (Å²) >= 11 is 0. The summed E-state index contributed by atoms with van der Waals surface area (Å²) < 4.78 is 7.50. The minimum Gasteiger partial charge on any atom is -0.377 e. The highest BCUT2D eigenvalue weighted by atomic mass is 16.5. The van der Waals surface area contributed by atoms with E-state index >= 15 is 0 Å². The van der Waals surface area contributed by atoms with Crippen LogP contribution in [0.4, 0.5) is 0 Å². The second-order valence-corrected chi connectivity index (χ2v) is 4.76. The highest BCUT2D eigenvalue weighted by Gasteiger charge is 2.09. The first-order valence-electron chi connectivity index (χ1n) is 6.30. The average molecular weight is 247 g/mol. The van der Waals surface area contributed by atoms with Crippen LogP contribution in [-0.4, -0.2) is 42.2 Å². The van der Waals surface area contributed by atoms with Crippen molar-refractivity contribution in [1.82, 2.24) is 14.5 Å². The number of imidazole rings is 1. The summed E-state index contributed by atoms with van der Waals surface area (Å²) in [5, 5.41) is 0. The lowest BCUT2D eigenvalue weighted by Crippen LogP contribution is -2.16. The molecule has 0 aliphatic heterocycles. The smallest absolute Gasteiger partial charge is 0.135 e. The Bertz CT molecular complexity index is 505. The summed E-state index contributed by atoms with van der Waals surface area (Å²) in [6.07, 6.45) is 1.12. The summed E-state index contributed by atoms with van der Waals surface area (Å²) in [5.74, 6) is 1.01. The molecule has 98 valence electrons. The summed E-state index contributed by atoms with van der Waals surface area (Å²) in [6, 6.07) is 8.26. The maximum Gasteiger partial charge on any atom is 0.135 e. The molecular formula is C14H21N3O. The number of aromatic nitrogens is 2. The normalized spacial score (nSPS) is 11.6. The number of benzene rings is 1. The molecule has 0 unspecified atom stereocenters. The lowest BCUT2D eigenvalue weighted by Gasteiger charge is -2.12. The van der Waals surface area contributed by atoms with Crippen molar-refractivity contribution in [3.63, 3.8) is 0 Å². The van der Waals surface area contributed by atoms with E-state index in [4.69, 9.17) is 4.74 Å². The first-order valence-corrected chi connectivity index (χ1v) is 6.30. The number of aryl methyl sites for hydroxylation is 1. The van der Waals surface area contributed by atoms with Gasteiger partial charge in [-0.25, -0.2) is 4.98 Å². The Morgan fingerprint density at radius 3 is 2.78 bits per heavy atom. The molecule has 1 aromatic heterocycles. The van der Waals surface area contributed by atoms with Crippen molar-refractivity contribution < 1.29 is 4.74 Å². The van der Waals surface area contributed by atoms with Crippen molar-refractivity contribution >= 4 is 11.0 Å². The summed E-state index contributed by atoms with van der Waals surface area (Å²) in [5.41, 5.74) is 2.25. The number of hydrogen-bond donors (Lipinski definition) is 0. The van der Waals surface area contributed by atoms with Crippen LogP contribution in [0.1, 0.15) is 12.2 Å². The van der Waals surface area contributed by atoms with E-state index in [1.165, 1.54) is 5.52 Å². The standard InChI is InChI=1S/C14H21N3O/c1-16(2)9-6-10-17-13-8-5-4-7-12(13)15-14(17)11-18-3/h4-5,7-8H,6,9-11H2,1-3H3. The maximum absolute atomic E-state index is 5.23. The Kier molecular flexibility index (Phi) is 4.33. The van der Waals surface area contributed by atoms with Crippen LogP contribution in [0.25, 0.3) is 11.0 Å². The van der Waals surface area contributed by atoms with Gasteiger partial charge in [-0.1, -0.05) is 12.1 Å². The number of nitrogens with zero attached hydrogens (tertiary/aromatic N) is 3. The van der Waals surface area contributed by atoms with Gasteiger partial charge in [0.2, 0.25) is 0 Å². The molecule has 0 aliphatic carbocycles. The molecule has 0 radical (unpaired) electrons. The van der Waals surface area contributed by atoms with Gasteiger partial charge in [-0.15, -0.1) is 0 Å². The van der Waals surface area contributed by atoms with Crippen molar-refractivity contribution in [2.45, 2.75) is 19.6 Å². The van der Waals surface area contributed by atoms with Crippen molar-refractivity contribution in [1.29, 1.82) is 0 Å². The predicted octanol–water partition coefficient (Wildman–Crippen LogP) is 2.13. The molecule has 18 heavy (non-hydrogen) atoms. The fourth-order valence-corrected chi connectivity index (χ4v) is 2.16. The second-order valence-electron chi connectivity index (χ2n) is 4.76. The Morgan fingerprint density at radius 1 is 1.28 bits per heavy atom. The van der Waals surface area contributed by atoms with E-state index in [-0.39, 0.29) is 0 Å². The molecule has 1 aromatic carbocycles. The molecule has 0 amide bonds. The number of fused-ring (bicyclic) bond motifs is 1.